The number of rotatable bonds is 2. The van der Waals surface area contributed by atoms with Crippen LogP contribution in [0.2, 0.25) is 0 Å². The molecule has 0 radical (unpaired) electrons. The first-order chi connectivity index (χ1) is 6.45. The third-order valence-electron chi connectivity index (χ3n) is 2.98. The number of likely N-dealkylation sites (tertiary alicyclic amines) is 1. The van der Waals surface area contributed by atoms with Crippen LogP contribution in [0.4, 0.5) is 0 Å². The zero-order chi connectivity index (χ0) is 8.93. The Hall–Kier alpha value is -0.340. The zero-order valence-corrected chi connectivity index (χ0v) is 8.39. The van der Waals surface area contributed by atoms with Crippen LogP contribution in [0.1, 0.15) is 25.7 Å². The second kappa shape index (κ2) is 4.77. The number of hydrogen-bond donors (Lipinski definition) is 1. The van der Waals surface area contributed by atoms with Crippen molar-refractivity contribution in [2.24, 2.45) is 0 Å². The Balaban J connectivity index is 1.78. The highest BCUT2D eigenvalue weighted by Crippen LogP contribution is 2.11. The Morgan fingerprint density at radius 1 is 1.23 bits per heavy atom. The lowest BCUT2D eigenvalue weighted by Crippen LogP contribution is -2.35. The molecule has 2 aliphatic rings. The van der Waals surface area contributed by atoms with Crippen molar-refractivity contribution in [1.29, 1.82) is 0 Å². The van der Waals surface area contributed by atoms with E-state index in [9.17, 15) is 0 Å². The molecule has 0 aromatic rings. The largest absolute Gasteiger partial charge is 0.313 e. The average molecular weight is 180 g/mol. The van der Waals surface area contributed by atoms with E-state index in [0.717, 1.165) is 6.54 Å². The van der Waals surface area contributed by atoms with Gasteiger partial charge in [0.15, 0.2) is 0 Å². The van der Waals surface area contributed by atoms with Crippen molar-refractivity contribution >= 4 is 0 Å². The molecule has 2 nitrogen and oxygen atoms in total. The molecule has 2 heteroatoms. The fraction of sp³-hybridized carbons (Fsp3) is 0.818. The molecule has 0 atom stereocenters. The molecule has 1 N–H and O–H groups in total. The van der Waals surface area contributed by atoms with Crippen molar-refractivity contribution in [3.05, 3.63) is 11.6 Å². The minimum atomic E-state index is 1.12. The predicted molar refractivity (Wildman–Crippen MR) is 55.9 cm³/mol. The molecule has 0 bridgehead atoms. The molecule has 0 unspecified atom stereocenters. The van der Waals surface area contributed by atoms with E-state index in [1.807, 2.05) is 0 Å². The summed E-state index contributed by atoms with van der Waals surface area (Å²) in [6.45, 7) is 6.14. The number of nitrogens with one attached hydrogen (secondary N) is 1. The Bertz CT molecular complexity index is 181. The van der Waals surface area contributed by atoms with Gasteiger partial charge in [-0.1, -0.05) is 12.5 Å². The van der Waals surface area contributed by atoms with Crippen molar-refractivity contribution in [2.75, 3.05) is 32.7 Å². The maximum atomic E-state index is 3.43. The number of nitrogens with zero attached hydrogens (tertiary/aromatic N) is 1. The topological polar surface area (TPSA) is 15.3 Å². The van der Waals surface area contributed by atoms with Crippen LogP contribution in [0.15, 0.2) is 11.6 Å². The first kappa shape index (κ1) is 9.22. The summed E-state index contributed by atoms with van der Waals surface area (Å²) in [4.78, 5) is 2.60. The van der Waals surface area contributed by atoms with Crippen LogP contribution in [-0.2, 0) is 0 Å². The van der Waals surface area contributed by atoms with Crippen LogP contribution in [0, 0.1) is 0 Å². The predicted octanol–water partition coefficient (Wildman–Crippen LogP) is 1.39. The molecule has 1 saturated heterocycles. The second-order valence-electron chi connectivity index (χ2n) is 4.16. The zero-order valence-electron chi connectivity index (χ0n) is 8.39. The van der Waals surface area contributed by atoms with Gasteiger partial charge in [-0.2, -0.15) is 0 Å². The number of hydrogen-bond acceptors (Lipinski definition) is 2. The molecule has 0 saturated carbocycles. The molecule has 1 fully saturated rings. The van der Waals surface area contributed by atoms with E-state index < -0.39 is 0 Å². The lowest BCUT2D eigenvalue weighted by molar-refractivity contribution is 0.244. The summed E-state index contributed by atoms with van der Waals surface area (Å²) in [6, 6.07) is 0. The third kappa shape index (κ3) is 2.82. The molecule has 0 aliphatic carbocycles. The molecule has 13 heavy (non-hydrogen) atoms. The summed E-state index contributed by atoms with van der Waals surface area (Å²) in [5.41, 5.74) is 1.60. The van der Waals surface area contributed by atoms with Crippen molar-refractivity contribution in [1.82, 2.24) is 10.2 Å². The lowest BCUT2D eigenvalue weighted by atomic mass is 10.1. The summed E-state index contributed by atoms with van der Waals surface area (Å²) in [6.07, 6.45) is 7.89. The number of piperidine rings is 1. The molecular weight excluding hydrogens is 160 g/mol. The van der Waals surface area contributed by atoms with Gasteiger partial charge in [0.05, 0.1) is 0 Å². The summed E-state index contributed by atoms with van der Waals surface area (Å²) in [7, 11) is 0. The van der Waals surface area contributed by atoms with Crippen molar-refractivity contribution in [2.45, 2.75) is 25.7 Å². The van der Waals surface area contributed by atoms with Crippen LogP contribution in [-0.4, -0.2) is 37.6 Å². The van der Waals surface area contributed by atoms with Gasteiger partial charge < -0.3 is 5.32 Å². The van der Waals surface area contributed by atoms with Crippen LogP contribution < -0.4 is 5.32 Å². The molecule has 2 heterocycles. The maximum absolute atomic E-state index is 3.43. The van der Waals surface area contributed by atoms with Gasteiger partial charge in [0.2, 0.25) is 0 Å². The van der Waals surface area contributed by atoms with E-state index in [-0.39, 0.29) is 0 Å². The minimum absolute atomic E-state index is 1.12. The fourth-order valence-corrected chi connectivity index (χ4v) is 2.22. The maximum Gasteiger partial charge on any atom is 0.0205 e. The second-order valence-corrected chi connectivity index (χ2v) is 4.16. The van der Waals surface area contributed by atoms with Crippen LogP contribution in [0.25, 0.3) is 0 Å². The van der Waals surface area contributed by atoms with Gasteiger partial charge in [-0.05, 0) is 44.5 Å². The standard InChI is InChI=1S/C11H20N2/c1-2-7-13(8-3-1)10-11-5-4-6-12-9-11/h5,12H,1-4,6-10H2. The van der Waals surface area contributed by atoms with Crippen molar-refractivity contribution < 1.29 is 0 Å². The molecule has 2 rings (SSSR count). The Morgan fingerprint density at radius 2 is 2.08 bits per heavy atom. The van der Waals surface area contributed by atoms with Gasteiger partial charge in [0, 0.05) is 13.1 Å². The highest BCUT2D eigenvalue weighted by molar-refractivity contribution is 5.09. The van der Waals surface area contributed by atoms with Crippen molar-refractivity contribution in [3.8, 4) is 0 Å². The minimum Gasteiger partial charge on any atom is -0.313 e. The molecule has 0 aromatic carbocycles. The van der Waals surface area contributed by atoms with Crippen LogP contribution in [0.5, 0.6) is 0 Å². The Morgan fingerprint density at radius 3 is 2.77 bits per heavy atom. The molecule has 0 aromatic heterocycles. The summed E-state index contributed by atoms with van der Waals surface area (Å²) in [5, 5.41) is 3.43. The van der Waals surface area contributed by atoms with Crippen molar-refractivity contribution in [3.63, 3.8) is 0 Å². The van der Waals surface area contributed by atoms with Gasteiger partial charge in [0.25, 0.3) is 0 Å². The van der Waals surface area contributed by atoms with Crippen LogP contribution >= 0.6 is 0 Å². The van der Waals surface area contributed by atoms with E-state index in [1.54, 1.807) is 5.57 Å². The van der Waals surface area contributed by atoms with Gasteiger partial charge >= 0.3 is 0 Å². The Kier molecular flexibility index (Phi) is 3.39. The third-order valence-corrected chi connectivity index (χ3v) is 2.98. The highest BCUT2D eigenvalue weighted by Gasteiger charge is 2.12. The summed E-state index contributed by atoms with van der Waals surface area (Å²) < 4.78 is 0. The van der Waals surface area contributed by atoms with Gasteiger partial charge in [-0.3, -0.25) is 4.90 Å². The van der Waals surface area contributed by atoms with Crippen LogP contribution in [0.3, 0.4) is 0 Å². The lowest BCUT2D eigenvalue weighted by Gasteiger charge is -2.28. The highest BCUT2D eigenvalue weighted by atomic mass is 15.1. The molecule has 0 spiro atoms. The SMILES string of the molecule is C1=C(CN2CCCCC2)CNCC1. The molecule has 0 amide bonds. The molecular formula is C11H20N2. The normalized spacial score (nSPS) is 25.7. The van der Waals surface area contributed by atoms with E-state index in [0.29, 0.717) is 0 Å². The summed E-state index contributed by atoms with van der Waals surface area (Å²) >= 11 is 0. The Labute approximate surface area is 81.0 Å². The van der Waals surface area contributed by atoms with Gasteiger partial charge in [-0.15, -0.1) is 0 Å². The monoisotopic (exact) mass is 180 g/mol. The summed E-state index contributed by atoms with van der Waals surface area (Å²) in [5.74, 6) is 0. The van der Waals surface area contributed by atoms with E-state index in [2.05, 4.69) is 16.3 Å². The fourth-order valence-electron chi connectivity index (χ4n) is 2.22. The quantitative estimate of drug-likeness (QED) is 0.646. The smallest absolute Gasteiger partial charge is 0.0205 e. The molecule has 2 aliphatic heterocycles. The van der Waals surface area contributed by atoms with E-state index in [1.165, 1.54) is 51.9 Å². The van der Waals surface area contributed by atoms with Gasteiger partial charge in [0.1, 0.15) is 0 Å². The van der Waals surface area contributed by atoms with E-state index >= 15 is 0 Å². The van der Waals surface area contributed by atoms with Gasteiger partial charge in [-0.25, -0.2) is 0 Å². The molecule has 74 valence electrons. The first-order valence-corrected chi connectivity index (χ1v) is 5.56. The average Bonchev–Trinajstić information content (AvgIpc) is 2.21. The van der Waals surface area contributed by atoms with E-state index in [4.69, 9.17) is 0 Å². The first-order valence-electron chi connectivity index (χ1n) is 5.56.